The molecule has 1 amide bonds. The summed E-state index contributed by atoms with van der Waals surface area (Å²) in [7, 11) is 1.64. The van der Waals surface area contributed by atoms with Gasteiger partial charge in [0.1, 0.15) is 5.65 Å². The van der Waals surface area contributed by atoms with Crippen molar-refractivity contribution in [2.45, 2.75) is 33.3 Å². The molecule has 0 unspecified atom stereocenters. The first-order chi connectivity index (χ1) is 17.7. The van der Waals surface area contributed by atoms with Crippen LogP contribution in [0.5, 0.6) is 0 Å². The number of aromatic amines is 2. The van der Waals surface area contributed by atoms with Crippen LogP contribution in [0.15, 0.2) is 58.1 Å². The number of fused-ring (bicyclic) bond motifs is 2. The fourth-order valence-corrected chi connectivity index (χ4v) is 4.89. The highest BCUT2D eigenvalue weighted by Crippen LogP contribution is 2.25. The van der Waals surface area contributed by atoms with E-state index in [2.05, 4.69) is 15.4 Å². The van der Waals surface area contributed by atoms with Crippen molar-refractivity contribution in [3.63, 3.8) is 0 Å². The van der Waals surface area contributed by atoms with Crippen molar-refractivity contribution >= 4 is 33.5 Å². The van der Waals surface area contributed by atoms with E-state index in [0.29, 0.717) is 28.7 Å². The number of carbonyl (C=O) groups excluding carboxylic acids is 1. The molecule has 0 aliphatic heterocycles. The Kier molecular flexibility index (Phi) is 6.22. The Morgan fingerprint density at radius 3 is 2.62 bits per heavy atom. The quantitative estimate of drug-likeness (QED) is 0.286. The first-order valence-corrected chi connectivity index (χ1v) is 11.9. The third kappa shape index (κ3) is 4.56. The molecule has 5 rings (SSSR count). The van der Waals surface area contributed by atoms with Gasteiger partial charge in [-0.15, -0.1) is 0 Å². The predicted octanol–water partition coefficient (Wildman–Crippen LogP) is 2.98. The van der Waals surface area contributed by atoms with Crippen LogP contribution in [0.2, 0.25) is 0 Å². The Bertz CT molecular complexity index is 1800. The minimum atomic E-state index is -0.399. The van der Waals surface area contributed by atoms with E-state index in [0.717, 1.165) is 33.3 Å². The summed E-state index contributed by atoms with van der Waals surface area (Å²) in [5.41, 5.74) is 5.56. The van der Waals surface area contributed by atoms with Crippen LogP contribution in [0, 0.1) is 13.8 Å². The van der Waals surface area contributed by atoms with Gasteiger partial charge in [-0.2, -0.15) is 0 Å². The molecule has 3 heterocycles. The van der Waals surface area contributed by atoms with Crippen LogP contribution < -0.4 is 16.4 Å². The van der Waals surface area contributed by atoms with Crippen molar-refractivity contribution < 1.29 is 9.90 Å². The molecule has 3 aromatic heterocycles. The summed E-state index contributed by atoms with van der Waals surface area (Å²) in [5.74, 6) is -0.354. The minimum absolute atomic E-state index is 0.0568. The van der Waals surface area contributed by atoms with E-state index in [1.807, 2.05) is 49.4 Å². The molecule has 5 aromatic rings. The lowest BCUT2D eigenvalue weighted by Gasteiger charge is -2.12. The van der Waals surface area contributed by atoms with Crippen LogP contribution in [0.3, 0.4) is 0 Å². The van der Waals surface area contributed by atoms with Gasteiger partial charge in [0.25, 0.3) is 11.1 Å². The maximum atomic E-state index is 12.9. The van der Waals surface area contributed by atoms with Crippen LogP contribution in [0.4, 0.5) is 5.69 Å². The number of amides is 1. The molecule has 0 spiro atoms. The SMILES string of the molecule is Cc1cc(CO)c2cccc(Cc3cccc(NC(=O)Cc4c(C)c5c(=O)[nH]n(C)c5[nH]c4=O)c3)c2n1. The van der Waals surface area contributed by atoms with Crippen molar-refractivity contribution in [2.75, 3.05) is 5.32 Å². The van der Waals surface area contributed by atoms with Gasteiger partial charge in [0.05, 0.1) is 23.9 Å². The maximum absolute atomic E-state index is 12.9. The van der Waals surface area contributed by atoms with Gasteiger partial charge in [-0.05, 0) is 60.7 Å². The topological polar surface area (TPSA) is 133 Å². The second kappa shape index (κ2) is 9.51. The highest BCUT2D eigenvalue weighted by atomic mass is 16.3. The monoisotopic (exact) mass is 497 g/mol. The van der Waals surface area contributed by atoms with Gasteiger partial charge in [0.2, 0.25) is 5.91 Å². The zero-order valence-electron chi connectivity index (χ0n) is 20.8. The Balaban J connectivity index is 1.39. The third-order valence-corrected chi connectivity index (χ3v) is 6.65. The molecule has 0 fully saturated rings. The van der Waals surface area contributed by atoms with E-state index >= 15 is 0 Å². The summed E-state index contributed by atoms with van der Waals surface area (Å²) < 4.78 is 1.46. The number of carbonyl (C=O) groups is 1. The van der Waals surface area contributed by atoms with E-state index in [-0.39, 0.29) is 30.1 Å². The fourth-order valence-electron chi connectivity index (χ4n) is 4.89. The molecule has 0 saturated heterocycles. The number of nitrogens with zero attached hydrogens (tertiary/aromatic N) is 2. The van der Waals surface area contributed by atoms with Crippen molar-refractivity contribution in [2.24, 2.45) is 7.05 Å². The van der Waals surface area contributed by atoms with Gasteiger partial charge < -0.3 is 15.4 Å². The molecule has 4 N–H and O–H groups in total. The smallest absolute Gasteiger partial charge is 0.273 e. The normalized spacial score (nSPS) is 11.4. The highest BCUT2D eigenvalue weighted by molar-refractivity contribution is 5.93. The number of benzene rings is 2. The standard InChI is InChI=1S/C28H27N5O4/c1-15-10-19(14-34)21-9-5-7-18(25(21)29-15)11-17-6-4-8-20(12-17)30-23(35)13-22-16(2)24-26(31-27(22)36)33(3)32-28(24)37/h4-10,12,34H,11,13-14H2,1-3H3,(H,30,35)(H,31,36)(H,32,37). The molecule has 0 aliphatic rings. The Labute approximate surface area is 211 Å². The van der Waals surface area contributed by atoms with Gasteiger partial charge >= 0.3 is 0 Å². The summed E-state index contributed by atoms with van der Waals surface area (Å²) in [6.45, 7) is 3.53. The number of para-hydroxylation sites is 1. The zero-order chi connectivity index (χ0) is 26.3. The number of aliphatic hydroxyl groups is 1. The molecule has 0 atom stereocenters. The fraction of sp³-hybridized carbons (Fsp3) is 0.214. The number of anilines is 1. The second-order valence-electron chi connectivity index (χ2n) is 9.28. The lowest BCUT2D eigenvalue weighted by Crippen LogP contribution is -2.23. The molecule has 0 aliphatic carbocycles. The summed E-state index contributed by atoms with van der Waals surface area (Å²) in [5, 5.41) is 16.5. The average molecular weight is 498 g/mol. The molecule has 188 valence electrons. The maximum Gasteiger partial charge on any atom is 0.273 e. The number of aliphatic hydroxyl groups excluding tert-OH is 1. The van der Waals surface area contributed by atoms with Crippen LogP contribution in [0.25, 0.3) is 21.9 Å². The van der Waals surface area contributed by atoms with Crippen LogP contribution in [-0.2, 0) is 31.3 Å². The Morgan fingerprint density at radius 2 is 1.84 bits per heavy atom. The summed E-state index contributed by atoms with van der Waals surface area (Å²) in [6, 6.07) is 15.3. The number of aromatic nitrogens is 4. The van der Waals surface area contributed by atoms with Gasteiger partial charge in [0, 0.05) is 29.4 Å². The predicted molar refractivity (Wildman–Crippen MR) is 143 cm³/mol. The third-order valence-electron chi connectivity index (χ3n) is 6.65. The number of hydrogen-bond acceptors (Lipinski definition) is 5. The number of pyridine rings is 2. The molecular weight excluding hydrogens is 470 g/mol. The molecule has 9 nitrogen and oxygen atoms in total. The minimum Gasteiger partial charge on any atom is -0.392 e. The van der Waals surface area contributed by atoms with Gasteiger partial charge in [-0.25, -0.2) is 0 Å². The summed E-state index contributed by atoms with van der Waals surface area (Å²) in [6.07, 6.45) is 0.431. The van der Waals surface area contributed by atoms with E-state index in [4.69, 9.17) is 4.98 Å². The second-order valence-corrected chi connectivity index (χ2v) is 9.28. The Hall–Kier alpha value is -4.50. The summed E-state index contributed by atoms with van der Waals surface area (Å²) >= 11 is 0. The lowest BCUT2D eigenvalue weighted by atomic mass is 9.99. The molecule has 0 radical (unpaired) electrons. The largest absolute Gasteiger partial charge is 0.392 e. The van der Waals surface area contributed by atoms with Crippen molar-refractivity contribution in [3.8, 4) is 0 Å². The van der Waals surface area contributed by atoms with Gasteiger partial charge in [-0.3, -0.25) is 29.1 Å². The summed E-state index contributed by atoms with van der Waals surface area (Å²) in [4.78, 5) is 45.2. The molecule has 2 aromatic carbocycles. The zero-order valence-corrected chi connectivity index (χ0v) is 20.8. The molecule has 0 saturated carbocycles. The van der Waals surface area contributed by atoms with Gasteiger partial charge in [0.15, 0.2) is 0 Å². The first kappa shape index (κ1) is 24.2. The molecule has 37 heavy (non-hydrogen) atoms. The number of nitrogens with one attached hydrogen (secondary N) is 3. The number of rotatable bonds is 6. The average Bonchev–Trinajstić information content (AvgIpc) is 3.14. The highest BCUT2D eigenvalue weighted by Gasteiger charge is 2.17. The lowest BCUT2D eigenvalue weighted by molar-refractivity contribution is -0.115. The molecule has 9 heteroatoms. The van der Waals surface area contributed by atoms with Crippen molar-refractivity contribution in [1.82, 2.24) is 19.7 Å². The number of H-pyrrole nitrogens is 2. The van der Waals surface area contributed by atoms with Crippen molar-refractivity contribution in [3.05, 3.63) is 103 Å². The van der Waals surface area contributed by atoms with E-state index in [1.165, 1.54) is 4.68 Å². The van der Waals surface area contributed by atoms with E-state index in [9.17, 15) is 19.5 Å². The van der Waals surface area contributed by atoms with Crippen molar-refractivity contribution in [1.29, 1.82) is 0 Å². The first-order valence-electron chi connectivity index (χ1n) is 11.9. The van der Waals surface area contributed by atoms with Crippen LogP contribution in [0.1, 0.15) is 33.5 Å². The number of aryl methyl sites for hydroxylation is 3. The van der Waals surface area contributed by atoms with E-state index in [1.54, 1.807) is 20.0 Å². The van der Waals surface area contributed by atoms with E-state index < -0.39 is 5.56 Å². The number of hydrogen-bond donors (Lipinski definition) is 4. The van der Waals surface area contributed by atoms with Gasteiger partial charge in [-0.1, -0.05) is 30.3 Å². The molecular formula is C28H27N5O4. The van der Waals surface area contributed by atoms with Crippen LogP contribution in [-0.4, -0.2) is 30.8 Å². The van der Waals surface area contributed by atoms with Crippen LogP contribution >= 0.6 is 0 Å². The Morgan fingerprint density at radius 1 is 1.05 bits per heavy atom. The molecule has 0 bridgehead atoms.